The highest BCUT2D eigenvalue weighted by Crippen LogP contribution is 2.10. The zero-order valence-corrected chi connectivity index (χ0v) is 12.5. The van der Waals surface area contributed by atoms with Gasteiger partial charge in [-0.3, -0.25) is 9.59 Å². The Labute approximate surface area is 126 Å². The molecule has 2 N–H and O–H groups in total. The Hall–Kier alpha value is -2.15. The molecule has 0 aliphatic heterocycles. The zero-order valence-electron chi connectivity index (χ0n) is 11.7. The van der Waals surface area contributed by atoms with E-state index in [1.165, 1.54) is 4.88 Å². The highest BCUT2D eigenvalue weighted by atomic mass is 32.1. The largest absolute Gasteiger partial charge is 0.360 e. The summed E-state index contributed by atoms with van der Waals surface area (Å²) in [6.45, 7) is 2.06. The summed E-state index contributed by atoms with van der Waals surface area (Å²) in [6.07, 6.45) is 1.37. The first kappa shape index (κ1) is 15.2. The fraction of sp³-hybridized carbons (Fsp3) is 0.357. The van der Waals surface area contributed by atoms with Gasteiger partial charge in [0, 0.05) is 30.3 Å². The second kappa shape index (κ2) is 7.58. The molecule has 0 atom stereocenters. The molecule has 0 saturated heterocycles. The molecular weight excluding hydrogens is 290 g/mol. The molecular formula is C14H17N3O3S. The van der Waals surface area contributed by atoms with Gasteiger partial charge in [-0.05, 0) is 24.8 Å². The minimum atomic E-state index is -0.207. The van der Waals surface area contributed by atoms with Crippen molar-refractivity contribution in [1.82, 2.24) is 10.5 Å². The first-order valence-corrected chi connectivity index (χ1v) is 7.53. The van der Waals surface area contributed by atoms with E-state index < -0.39 is 0 Å². The summed E-state index contributed by atoms with van der Waals surface area (Å²) in [7, 11) is 0. The minimum Gasteiger partial charge on any atom is -0.360 e. The van der Waals surface area contributed by atoms with E-state index in [-0.39, 0.29) is 18.2 Å². The molecule has 0 radical (unpaired) electrons. The number of carbonyl (C=O) groups excluding carboxylic acids is 2. The van der Waals surface area contributed by atoms with E-state index in [0.29, 0.717) is 24.5 Å². The summed E-state index contributed by atoms with van der Waals surface area (Å²) in [5.74, 6) is 0.768. The van der Waals surface area contributed by atoms with E-state index in [1.54, 1.807) is 24.3 Å². The highest BCUT2D eigenvalue weighted by molar-refractivity contribution is 7.09. The quantitative estimate of drug-likeness (QED) is 0.820. The number of amides is 2. The summed E-state index contributed by atoms with van der Waals surface area (Å²) >= 11 is 1.64. The Morgan fingerprint density at radius 2 is 2.19 bits per heavy atom. The van der Waals surface area contributed by atoms with Gasteiger partial charge in [-0.2, -0.15) is 0 Å². The van der Waals surface area contributed by atoms with Crippen LogP contribution in [0.4, 0.5) is 5.82 Å². The summed E-state index contributed by atoms with van der Waals surface area (Å²) in [4.78, 5) is 24.4. The van der Waals surface area contributed by atoms with Crippen molar-refractivity contribution >= 4 is 29.0 Å². The first-order chi connectivity index (χ1) is 10.1. The smallest absolute Gasteiger partial charge is 0.227 e. The van der Waals surface area contributed by atoms with E-state index >= 15 is 0 Å². The molecule has 0 bridgehead atoms. The number of aryl methyl sites for hydroxylation is 2. The van der Waals surface area contributed by atoms with Gasteiger partial charge in [-0.15, -0.1) is 11.3 Å². The second-order valence-electron chi connectivity index (χ2n) is 4.55. The molecule has 6 nitrogen and oxygen atoms in total. The van der Waals surface area contributed by atoms with Crippen LogP contribution in [0.15, 0.2) is 28.1 Å². The van der Waals surface area contributed by atoms with E-state index in [4.69, 9.17) is 4.52 Å². The van der Waals surface area contributed by atoms with Crippen LogP contribution in [0.25, 0.3) is 0 Å². The standard InChI is InChI=1S/C14H17N3O3S/c1-10-9-12(17-20-10)16-14(19)6-7-15-13(18)5-4-11-3-2-8-21-11/h2-3,8-9H,4-7H2,1H3,(H,15,18)(H,16,17,19). The Bertz CT molecular complexity index is 592. The highest BCUT2D eigenvalue weighted by Gasteiger charge is 2.07. The number of anilines is 1. The maximum atomic E-state index is 11.6. The molecule has 112 valence electrons. The fourth-order valence-corrected chi connectivity index (χ4v) is 2.44. The lowest BCUT2D eigenvalue weighted by Gasteiger charge is -2.04. The van der Waals surface area contributed by atoms with Crippen LogP contribution in [0.5, 0.6) is 0 Å². The van der Waals surface area contributed by atoms with Gasteiger partial charge in [-0.25, -0.2) is 0 Å². The summed E-state index contributed by atoms with van der Waals surface area (Å²) in [6, 6.07) is 5.61. The van der Waals surface area contributed by atoms with E-state index in [2.05, 4.69) is 15.8 Å². The van der Waals surface area contributed by atoms with Crippen LogP contribution in [0.3, 0.4) is 0 Å². The van der Waals surface area contributed by atoms with Crippen LogP contribution in [-0.2, 0) is 16.0 Å². The van der Waals surface area contributed by atoms with E-state index in [0.717, 1.165) is 6.42 Å². The molecule has 0 fully saturated rings. The number of nitrogens with one attached hydrogen (secondary N) is 2. The molecule has 21 heavy (non-hydrogen) atoms. The number of nitrogens with zero attached hydrogens (tertiary/aromatic N) is 1. The number of rotatable bonds is 7. The lowest BCUT2D eigenvalue weighted by Crippen LogP contribution is -2.27. The van der Waals surface area contributed by atoms with Crippen molar-refractivity contribution in [1.29, 1.82) is 0 Å². The molecule has 7 heteroatoms. The maximum absolute atomic E-state index is 11.6. The molecule has 0 aliphatic rings. The molecule has 2 heterocycles. The van der Waals surface area contributed by atoms with Crippen LogP contribution in [-0.4, -0.2) is 23.5 Å². The maximum Gasteiger partial charge on any atom is 0.227 e. The van der Waals surface area contributed by atoms with Crippen molar-refractivity contribution in [3.8, 4) is 0 Å². The van der Waals surface area contributed by atoms with Crippen LogP contribution in [0.1, 0.15) is 23.5 Å². The Balaban J connectivity index is 1.60. The van der Waals surface area contributed by atoms with Crippen molar-refractivity contribution in [3.63, 3.8) is 0 Å². The monoisotopic (exact) mass is 307 g/mol. The number of carbonyl (C=O) groups is 2. The lowest BCUT2D eigenvalue weighted by molar-refractivity contribution is -0.121. The number of aromatic nitrogens is 1. The van der Waals surface area contributed by atoms with Crippen LogP contribution in [0.2, 0.25) is 0 Å². The van der Waals surface area contributed by atoms with Gasteiger partial charge in [0.25, 0.3) is 0 Å². The van der Waals surface area contributed by atoms with Crippen molar-refractivity contribution in [2.75, 3.05) is 11.9 Å². The van der Waals surface area contributed by atoms with Crippen molar-refractivity contribution < 1.29 is 14.1 Å². The number of hydrogen-bond donors (Lipinski definition) is 2. The summed E-state index contributed by atoms with van der Waals surface area (Å²) < 4.78 is 4.84. The minimum absolute atomic E-state index is 0.0477. The van der Waals surface area contributed by atoms with Gasteiger partial charge < -0.3 is 15.2 Å². The van der Waals surface area contributed by atoms with Gasteiger partial charge in [0.1, 0.15) is 5.76 Å². The van der Waals surface area contributed by atoms with Crippen molar-refractivity contribution in [2.24, 2.45) is 0 Å². The molecule has 2 aromatic heterocycles. The normalized spacial score (nSPS) is 10.3. The lowest BCUT2D eigenvalue weighted by atomic mass is 10.2. The van der Waals surface area contributed by atoms with Gasteiger partial charge in [-0.1, -0.05) is 11.2 Å². The average Bonchev–Trinajstić information content (AvgIpc) is 3.08. The molecule has 0 saturated carbocycles. The van der Waals surface area contributed by atoms with Crippen LogP contribution in [0, 0.1) is 6.92 Å². The van der Waals surface area contributed by atoms with Gasteiger partial charge in [0.15, 0.2) is 5.82 Å². The predicted molar refractivity (Wildman–Crippen MR) is 80.1 cm³/mol. The molecule has 0 spiro atoms. The fourth-order valence-electron chi connectivity index (χ4n) is 1.73. The first-order valence-electron chi connectivity index (χ1n) is 6.66. The second-order valence-corrected chi connectivity index (χ2v) is 5.58. The zero-order chi connectivity index (χ0) is 15.1. The molecule has 0 aliphatic carbocycles. The average molecular weight is 307 g/mol. The number of thiophene rings is 1. The predicted octanol–water partition coefficient (Wildman–Crippen LogP) is 2.12. The van der Waals surface area contributed by atoms with E-state index in [9.17, 15) is 9.59 Å². The van der Waals surface area contributed by atoms with Crippen LogP contribution < -0.4 is 10.6 Å². The van der Waals surface area contributed by atoms with Crippen molar-refractivity contribution in [3.05, 3.63) is 34.2 Å². The Morgan fingerprint density at radius 3 is 2.86 bits per heavy atom. The van der Waals surface area contributed by atoms with Crippen molar-refractivity contribution in [2.45, 2.75) is 26.2 Å². The van der Waals surface area contributed by atoms with Gasteiger partial charge in [0.05, 0.1) is 0 Å². The summed E-state index contributed by atoms with van der Waals surface area (Å²) in [5.41, 5.74) is 0. The Morgan fingerprint density at radius 1 is 1.33 bits per heavy atom. The molecule has 2 aromatic rings. The van der Waals surface area contributed by atoms with Crippen LogP contribution >= 0.6 is 11.3 Å². The molecule has 0 unspecified atom stereocenters. The SMILES string of the molecule is Cc1cc(NC(=O)CCNC(=O)CCc2cccs2)no1. The Kier molecular flexibility index (Phi) is 5.51. The number of hydrogen-bond acceptors (Lipinski definition) is 5. The molecule has 2 rings (SSSR count). The topological polar surface area (TPSA) is 84.2 Å². The third-order valence-corrected chi connectivity index (χ3v) is 3.68. The molecule has 0 aromatic carbocycles. The van der Waals surface area contributed by atoms with E-state index in [1.807, 2.05) is 17.5 Å². The third kappa shape index (κ3) is 5.39. The van der Waals surface area contributed by atoms with Gasteiger partial charge in [0.2, 0.25) is 11.8 Å². The summed E-state index contributed by atoms with van der Waals surface area (Å²) in [5, 5.41) is 11.0. The third-order valence-electron chi connectivity index (χ3n) is 2.75. The molecule has 2 amide bonds. The van der Waals surface area contributed by atoms with Gasteiger partial charge >= 0.3 is 0 Å².